The van der Waals surface area contributed by atoms with Crippen LogP contribution in [0, 0.1) is 18.7 Å². The number of halogens is 1. The van der Waals surface area contributed by atoms with Crippen LogP contribution in [-0.4, -0.2) is 7.05 Å². The Bertz CT molecular complexity index is 635. The van der Waals surface area contributed by atoms with E-state index in [-0.39, 0.29) is 11.9 Å². The van der Waals surface area contributed by atoms with Gasteiger partial charge in [0.05, 0.1) is 0 Å². The van der Waals surface area contributed by atoms with E-state index in [1.54, 1.807) is 6.07 Å². The molecule has 2 atom stereocenters. The lowest BCUT2D eigenvalue weighted by Crippen LogP contribution is -2.29. The van der Waals surface area contributed by atoms with E-state index in [0.29, 0.717) is 5.92 Å². The van der Waals surface area contributed by atoms with Crippen molar-refractivity contribution in [1.82, 2.24) is 5.32 Å². The molecule has 0 fully saturated rings. The number of benzene rings is 2. The van der Waals surface area contributed by atoms with Crippen LogP contribution in [0.25, 0.3) is 0 Å². The third-order valence-electron chi connectivity index (χ3n) is 4.71. The lowest BCUT2D eigenvalue weighted by molar-refractivity contribution is 0.341. The molecule has 2 heteroatoms. The van der Waals surface area contributed by atoms with Crippen LogP contribution in [0.15, 0.2) is 42.5 Å². The van der Waals surface area contributed by atoms with Gasteiger partial charge in [0.2, 0.25) is 0 Å². The molecule has 110 valence electrons. The Labute approximate surface area is 126 Å². The fraction of sp³-hybridized carbons (Fsp3) is 0.368. The number of nitrogens with one attached hydrogen (secondary N) is 1. The van der Waals surface area contributed by atoms with Crippen molar-refractivity contribution < 1.29 is 4.39 Å². The van der Waals surface area contributed by atoms with E-state index >= 15 is 0 Å². The second-order valence-corrected chi connectivity index (χ2v) is 6.05. The highest BCUT2D eigenvalue weighted by Crippen LogP contribution is 2.34. The fourth-order valence-electron chi connectivity index (χ4n) is 3.55. The molecular weight excluding hydrogens is 261 g/mol. The molecule has 0 radical (unpaired) electrons. The molecule has 1 N–H and O–H groups in total. The van der Waals surface area contributed by atoms with Crippen molar-refractivity contribution in [2.45, 2.75) is 32.2 Å². The Kier molecular flexibility index (Phi) is 4.07. The second-order valence-electron chi connectivity index (χ2n) is 6.05. The smallest absolute Gasteiger partial charge is 0.126 e. The number of hydrogen-bond donors (Lipinski definition) is 1. The van der Waals surface area contributed by atoms with Crippen LogP contribution < -0.4 is 5.32 Å². The van der Waals surface area contributed by atoms with E-state index < -0.39 is 0 Å². The molecule has 3 rings (SSSR count). The molecule has 0 amide bonds. The Morgan fingerprint density at radius 2 is 1.90 bits per heavy atom. The molecule has 2 aromatic carbocycles. The van der Waals surface area contributed by atoms with Crippen molar-refractivity contribution in [3.63, 3.8) is 0 Å². The minimum Gasteiger partial charge on any atom is -0.313 e. The first kappa shape index (κ1) is 14.3. The van der Waals surface area contributed by atoms with E-state index in [0.717, 1.165) is 18.4 Å². The fourth-order valence-corrected chi connectivity index (χ4v) is 3.55. The molecule has 0 saturated heterocycles. The highest BCUT2D eigenvalue weighted by Gasteiger charge is 2.26. The van der Waals surface area contributed by atoms with E-state index in [2.05, 4.69) is 29.6 Å². The van der Waals surface area contributed by atoms with Gasteiger partial charge in [-0.15, -0.1) is 0 Å². The van der Waals surface area contributed by atoms with Gasteiger partial charge in [-0.3, -0.25) is 0 Å². The summed E-state index contributed by atoms with van der Waals surface area (Å²) in [6, 6.07) is 14.5. The van der Waals surface area contributed by atoms with Gasteiger partial charge in [-0.2, -0.15) is 0 Å². The van der Waals surface area contributed by atoms with Crippen molar-refractivity contribution in [1.29, 1.82) is 0 Å². The third-order valence-corrected chi connectivity index (χ3v) is 4.71. The van der Waals surface area contributed by atoms with Crippen LogP contribution in [0.1, 0.15) is 34.7 Å². The van der Waals surface area contributed by atoms with E-state index in [1.165, 1.54) is 23.1 Å². The molecule has 2 aromatic rings. The average Bonchev–Trinajstić information content (AvgIpc) is 2.51. The van der Waals surface area contributed by atoms with Crippen LogP contribution >= 0.6 is 0 Å². The molecule has 0 aromatic heterocycles. The van der Waals surface area contributed by atoms with Gasteiger partial charge in [0, 0.05) is 6.04 Å². The van der Waals surface area contributed by atoms with Crippen LogP contribution in [0.3, 0.4) is 0 Å². The summed E-state index contributed by atoms with van der Waals surface area (Å²) in [5, 5.41) is 3.44. The minimum absolute atomic E-state index is 0.123. The SMILES string of the molecule is CNC(c1ccc(F)c(C)c1)C1CCc2ccccc2C1. The second kappa shape index (κ2) is 5.98. The Morgan fingerprint density at radius 1 is 1.14 bits per heavy atom. The van der Waals surface area contributed by atoms with Crippen molar-refractivity contribution in [2.24, 2.45) is 5.92 Å². The lowest BCUT2D eigenvalue weighted by Gasteiger charge is -2.32. The van der Waals surface area contributed by atoms with Gasteiger partial charge >= 0.3 is 0 Å². The van der Waals surface area contributed by atoms with Crippen LogP contribution in [-0.2, 0) is 12.8 Å². The average molecular weight is 283 g/mol. The van der Waals surface area contributed by atoms with Gasteiger partial charge in [0.1, 0.15) is 5.82 Å². The third kappa shape index (κ3) is 2.86. The molecule has 0 saturated carbocycles. The van der Waals surface area contributed by atoms with Crippen LogP contribution in [0.2, 0.25) is 0 Å². The predicted molar refractivity (Wildman–Crippen MR) is 84.9 cm³/mol. The summed E-state index contributed by atoms with van der Waals surface area (Å²) in [5.41, 5.74) is 4.87. The van der Waals surface area contributed by atoms with Crippen molar-refractivity contribution in [2.75, 3.05) is 7.05 Å². The lowest BCUT2D eigenvalue weighted by atomic mass is 9.78. The summed E-state index contributed by atoms with van der Waals surface area (Å²) < 4.78 is 13.5. The zero-order chi connectivity index (χ0) is 14.8. The minimum atomic E-state index is -0.123. The number of hydrogen-bond acceptors (Lipinski definition) is 1. The van der Waals surface area contributed by atoms with Crippen molar-refractivity contribution in [3.05, 3.63) is 70.5 Å². The highest BCUT2D eigenvalue weighted by atomic mass is 19.1. The first-order valence-corrected chi connectivity index (χ1v) is 7.69. The molecule has 2 unspecified atom stereocenters. The first-order valence-electron chi connectivity index (χ1n) is 7.69. The maximum Gasteiger partial charge on any atom is 0.126 e. The Morgan fingerprint density at radius 3 is 2.62 bits per heavy atom. The molecule has 1 aliphatic carbocycles. The first-order chi connectivity index (χ1) is 10.2. The predicted octanol–water partition coefficient (Wildman–Crippen LogP) is 4.20. The number of aryl methyl sites for hydroxylation is 2. The summed E-state index contributed by atoms with van der Waals surface area (Å²) in [4.78, 5) is 0. The maximum atomic E-state index is 13.5. The quantitative estimate of drug-likeness (QED) is 0.890. The summed E-state index contributed by atoms with van der Waals surface area (Å²) in [6.07, 6.45) is 3.41. The van der Waals surface area contributed by atoms with E-state index in [9.17, 15) is 4.39 Å². The van der Waals surface area contributed by atoms with Gasteiger partial charge in [-0.25, -0.2) is 4.39 Å². The topological polar surface area (TPSA) is 12.0 Å². The molecule has 21 heavy (non-hydrogen) atoms. The Balaban J connectivity index is 1.86. The van der Waals surface area contributed by atoms with Gasteiger partial charge in [0.25, 0.3) is 0 Å². The molecular formula is C19H22FN. The highest BCUT2D eigenvalue weighted by molar-refractivity contribution is 5.32. The molecule has 0 spiro atoms. The number of rotatable bonds is 3. The normalized spacial score (nSPS) is 19.1. The van der Waals surface area contributed by atoms with E-state index in [1.807, 2.05) is 26.1 Å². The maximum absolute atomic E-state index is 13.5. The zero-order valence-electron chi connectivity index (χ0n) is 12.7. The monoisotopic (exact) mass is 283 g/mol. The largest absolute Gasteiger partial charge is 0.313 e. The van der Waals surface area contributed by atoms with Crippen LogP contribution in [0.4, 0.5) is 4.39 Å². The van der Waals surface area contributed by atoms with E-state index in [4.69, 9.17) is 0 Å². The van der Waals surface area contributed by atoms with Crippen molar-refractivity contribution >= 4 is 0 Å². The molecule has 1 nitrogen and oxygen atoms in total. The summed E-state index contributed by atoms with van der Waals surface area (Å²) in [6.45, 7) is 1.84. The Hall–Kier alpha value is -1.67. The summed E-state index contributed by atoms with van der Waals surface area (Å²) in [5.74, 6) is 0.442. The molecule has 0 heterocycles. The van der Waals surface area contributed by atoms with Crippen molar-refractivity contribution in [3.8, 4) is 0 Å². The molecule has 0 aliphatic heterocycles. The summed E-state index contributed by atoms with van der Waals surface area (Å²) in [7, 11) is 2.00. The number of fused-ring (bicyclic) bond motifs is 1. The van der Waals surface area contributed by atoms with Crippen LogP contribution in [0.5, 0.6) is 0 Å². The summed E-state index contributed by atoms with van der Waals surface area (Å²) >= 11 is 0. The van der Waals surface area contributed by atoms with Gasteiger partial charge < -0.3 is 5.32 Å². The molecule has 0 bridgehead atoms. The zero-order valence-corrected chi connectivity index (χ0v) is 12.7. The standard InChI is InChI=1S/C19H22FN/c1-13-11-16(9-10-18(13)20)19(21-2)17-8-7-14-5-3-4-6-15(14)12-17/h3-6,9-11,17,19,21H,7-8,12H2,1-2H3. The van der Waals surface area contributed by atoms with Gasteiger partial charge in [-0.1, -0.05) is 36.4 Å². The van der Waals surface area contributed by atoms with Gasteiger partial charge in [0.15, 0.2) is 0 Å². The van der Waals surface area contributed by atoms with Gasteiger partial charge in [-0.05, 0) is 67.5 Å². The molecule has 1 aliphatic rings.